The molecule has 0 saturated heterocycles. The molecule has 2 aromatic carbocycles. The molecule has 112 valence electrons. The highest BCUT2D eigenvalue weighted by atomic mass is 35.5. The van der Waals surface area contributed by atoms with Gasteiger partial charge in [0.05, 0.1) is 12.1 Å². The lowest BCUT2D eigenvalue weighted by Crippen LogP contribution is -2.30. The summed E-state index contributed by atoms with van der Waals surface area (Å²) in [6.45, 7) is 0. The smallest absolute Gasteiger partial charge is 0.145 e. The van der Waals surface area contributed by atoms with Crippen molar-refractivity contribution >= 4 is 11.6 Å². The molecule has 21 heavy (non-hydrogen) atoms. The van der Waals surface area contributed by atoms with E-state index in [1.165, 1.54) is 0 Å². The molecule has 0 bridgehead atoms. The van der Waals surface area contributed by atoms with E-state index in [0.717, 1.165) is 17.7 Å². The summed E-state index contributed by atoms with van der Waals surface area (Å²) >= 11 is 5.83. The Hall–Kier alpha value is -1.58. The van der Waals surface area contributed by atoms with Crippen LogP contribution in [0.5, 0.6) is 5.75 Å². The fourth-order valence-electron chi connectivity index (χ4n) is 2.33. The van der Waals surface area contributed by atoms with Crippen LogP contribution in [0.2, 0.25) is 5.02 Å². The largest absolute Gasteiger partial charge is 0.497 e. The van der Waals surface area contributed by atoms with Crippen molar-refractivity contribution in [2.75, 3.05) is 14.2 Å². The molecule has 2 nitrogen and oxygen atoms in total. The second kappa shape index (κ2) is 7.43. The number of ether oxygens (including phenoxy) is 1. The molecule has 4 heteroatoms. The van der Waals surface area contributed by atoms with Gasteiger partial charge in [0, 0.05) is 6.04 Å². The Bertz CT molecular complexity index is 603. The minimum Gasteiger partial charge on any atom is -0.497 e. The zero-order valence-electron chi connectivity index (χ0n) is 12.2. The summed E-state index contributed by atoms with van der Waals surface area (Å²) in [7, 11) is 3.53. The van der Waals surface area contributed by atoms with Crippen LogP contribution in [0.1, 0.15) is 11.1 Å². The molecule has 0 heterocycles. The zero-order valence-corrected chi connectivity index (χ0v) is 13.0. The van der Waals surface area contributed by atoms with Gasteiger partial charge < -0.3 is 10.1 Å². The molecule has 0 aromatic heterocycles. The molecular weight excluding hydrogens is 289 g/mol. The quantitative estimate of drug-likeness (QED) is 0.875. The van der Waals surface area contributed by atoms with Gasteiger partial charge >= 0.3 is 0 Å². The molecule has 0 aliphatic rings. The van der Waals surface area contributed by atoms with Gasteiger partial charge in [-0.05, 0) is 49.2 Å². The predicted octanol–water partition coefficient (Wildman–Crippen LogP) is 3.86. The Balaban J connectivity index is 2.11. The number of halogens is 2. The van der Waals surface area contributed by atoms with Crippen LogP contribution >= 0.6 is 11.6 Å². The number of nitrogens with one attached hydrogen (secondary N) is 1. The van der Waals surface area contributed by atoms with Crippen LogP contribution in [0.15, 0.2) is 42.5 Å². The van der Waals surface area contributed by atoms with E-state index < -0.39 is 0 Å². The van der Waals surface area contributed by atoms with Crippen LogP contribution in [0.4, 0.5) is 4.39 Å². The second-order valence-corrected chi connectivity index (χ2v) is 5.37. The van der Waals surface area contributed by atoms with E-state index in [9.17, 15) is 4.39 Å². The average molecular weight is 308 g/mol. The van der Waals surface area contributed by atoms with Gasteiger partial charge in [-0.15, -0.1) is 0 Å². The Morgan fingerprint density at radius 1 is 1.19 bits per heavy atom. The van der Waals surface area contributed by atoms with Gasteiger partial charge in [0.2, 0.25) is 0 Å². The number of rotatable bonds is 6. The zero-order chi connectivity index (χ0) is 15.2. The van der Waals surface area contributed by atoms with Crippen molar-refractivity contribution in [3.8, 4) is 5.75 Å². The summed E-state index contributed by atoms with van der Waals surface area (Å²) in [5.41, 5.74) is 1.78. The van der Waals surface area contributed by atoms with Gasteiger partial charge in [-0.2, -0.15) is 0 Å². The standard InChI is InChI=1S/C17H19ClFNO/c1-20-14(9-12-5-3-7-15(10-12)21-2)11-13-6-4-8-16(18)17(13)19/h3-8,10,14,20H,9,11H2,1-2H3. The Morgan fingerprint density at radius 3 is 2.67 bits per heavy atom. The Kier molecular flexibility index (Phi) is 5.59. The van der Waals surface area contributed by atoms with E-state index in [1.807, 2.05) is 31.3 Å². The lowest BCUT2D eigenvalue weighted by atomic mass is 9.98. The molecule has 0 radical (unpaired) electrons. The number of hydrogen-bond donors (Lipinski definition) is 1. The van der Waals surface area contributed by atoms with Gasteiger partial charge in [0.15, 0.2) is 0 Å². The molecule has 2 rings (SSSR count). The summed E-state index contributed by atoms with van der Waals surface area (Å²) in [5.74, 6) is 0.501. The lowest BCUT2D eigenvalue weighted by Gasteiger charge is -2.17. The van der Waals surface area contributed by atoms with Crippen molar-refractivity contribution in [2.24, 2.45) is 0 Å². The fourth-order valence-corrected chi connectivity index (χ4v) is 2.53. The Labute approximate surface area is 129 Å². The Morgan fingerprint density at radius 2 is 1.95 bits per heavy atom. The maximum absolute atomic E-state index is 14.0. The number of benzene rings is 2. The van der Waals surface area contributed by atoms with Crippen LogP contribution in [0.25, 0.3) is 0 Å². The highest BCUT2D eigenvalue weighted by Gasteiger charge is 2.13. The fraction of sp³-hybridized carbons (Fsp3) is 0.294. The van der Waals surface area contributed by atoms with E-state index in [1.54, 1.807) is 25.3 Å². The van der Waals surface area contributed by atoms with E-state index in [2.05, 4.69) is 5.32 Å². The van der Waals surface area contributed by atoms with Crippen molar-refractivity contribution in [2.45, 2.75) is 18.9 Å². The second-order valence-electron chi connectivity index (χ2n) is 4.96. The van der Waals surface area contributed by atoms with Gasteiger partial charge in [-0.1, -0.05) is 35.9 Å². The van der Waals surface area contributed by atoms with E-state index in [0.29, 0.717) is 12.0 Å². The summed E-state index contributed by atoms with van der Waals surface area (Å²) in [4.78, 5) is 0. The van der Waals surface area contributed by atoms with Crippen LogP contribution in [-0.2, 0) is 12.8 Å². The molecular formula is C17H19ClFNO. The molecule has 0 amide bonds. The molecule has 2 aromatic rings. The summed E-state index contributed by atoms with van der Waals surface area (Å²) in [6.07, 6.45) is 1.37. The van der Waals surface area contributed by atoms with Gasteiger partial charge in [0.25, 0.3) is 0 Å². The van der Waals surface area contributed by atoms with Crippen molar-refractivity contribution < 1.29 is 9.13 Å². The first-order chi connectivity index (χ1) is 10.1. The third-order valence-electron chi connectivity index (χ3n) is 3.52. The molecule has 1 atom stereocenters. The molecule has 0 aliphatic carbocycles. The third-order valence-corrected chi connectivity index (χ3v) is 3.81. The molecule has 1 N–H and O–H groups in total. The van der Waals surface area contributed by atoms with E-state index in [4.69, 9.17) is 16.3 Å². The minimum atomic E-state index is -0.329. The summed E-state index contributed by atoms with van der Waals surface area (Å²) in [6, 6.07) is 13.2. The first-order valence-electron chi connectivity index (χ1n) is 6.87. The monoisotopic (exact) mass is 307 g/mol. The maximum atomic E-state index is 14.0. The lowest BCUT2D eigenvalue weighted by molar-refractivity contribution is 0.414. The summed E-state index contributed by atoms with van der Waals surface area (Å²) < 4.78 is 19.2. The van der Waals surface area contributed by atoms with Crippen LogP contribution in [0.3, 0.4) is 0 Å². The van der Waals surface area contributed by atoms with Gasteiger partial charge in [-0.25, -0.2) is 4.39 Å². The van der Waals surface area contributed by atoms with Crippen LogP contribution in [-0.4, -0.2) is 20.2 Å². The molecule has 0 fully saturated rings. The van der Waals surface area contributed by atoms with E-state index >= 15 is 0 Å². The number of methoxy groups -OCH3 is 1. The topological polar surface area (TPSA) is 21.3 Å². The van der Waals surface area contributed by atoms with Crippen molar-refractivity contribution in [1.82, 2.24) is 5.32 Å². The van der Waals surface area contributed by atoms with Crippen molar-refractivity contribution in [3.05, 3.63) is 64.4 Å². The summed E-state index contributed by atoms with van der Waals surface area (Å²) in [5, 5.41) is 3.40. The maximum Gasteiger partial charge on any atom is 0.145 e. The van der Waals surface area contributed by atoms with Crippen LogP contribution < -0.4 is 10.1 Å². The first kappa shape index (κ1) is 15.8. The number of likely N-dealkylation sites (N-methyl/N-ethyl adjacent to an activating group) is 1. The van der Waals surface area contributed by atoms with E-state index in [-0.39, 0.29) is 16.9 Å². The molecule has 0 aliphatic heterocycles. The average Bonchev–Trinajstić information content (AvgIpc) is 2.51. The third kappa shape index (κ3) is 4.19. The number of hydrogen-bond acceptors (Lipinski definition) is 2. The van der Waals surface area contributed by atoms with Crippen molar-refractivity contribution in [1.29, 1.82) is 0 Å². The molecule has 1 unspecified atom stereocenters. The SMILES string of the molecule is CNC(Cc1cccc(OC)c1)Cc1cccc(Cl)c1F. The predicted molar refractivity (Wildman–Crippen MR) is 84.7 cm³/mol. The normalized spacial score (nSPS) is 12.2. The van der Waals surface area contributed by atoms with Gasteiger partial charge in [0.1, 0.15) is 11.6 Å². The molecule has 0 saturated carbocycles. The minimum absolute atomic E-state index is 0.130. The molecule has 0 spiro atoms. The highest BCUT2D eigenvalue weighted by molar-refractivity contribution is 6.30. The highest BCUT2D eigenvalue weighted by Crippen LogP contribution is 2.20. The van der Waals surface area contributed by atoms with Gasteiger partial charge in [-0.3, -0.25) is 0 Å². The first-order valence-corrected chi connectivity index (χ1v) is 7.25. The van der Waals surface area contributed by atoms with Crippen LogP contribution in [0, 0.1) is 5.82 Å². The van der Waals surface area contributed by atoms with Crippen molar-refractivity contribution in [3.63, 3.8) is 0 Å².